The quantitative estimate of drug-likeness (QED) is 0.615. The van der Waals surface area contributed by atoms with Gasteiger partial charge in [-0.15, -0.1) is 0 Å². The first kappa shape index (κ1) is 12.5. The van der Waals surface area contributed by atoms with Gasteiger partial charge in [0, 0.05) is 49.5 Å². The maximum Gasteiger partial charge on any atom is 0.0372 e. The molecular formula is C11H15I2N. The summed E-state index contributed by atoms with van der Waals surface area (Å²) in [5.74, 6) is 0. The van der Waals surface area contributed by atoms with Gasteiger partial charge in [-0.25, -0.2) is 0 Å². The van der Waals surface area contributed by atoms with Crippen LogP contribution in [0.25, 0.3) is 0 Å². The summed E-state index contributed by atoms with van der Waals surface area (Å²) in [4.78, 5) is 0. The molecule has 0 saturated heterocycles. The third kappa shape index (κ3) is 3.56. The molecule has 0 aliphatic carbocycles. The fourth-order valence-corrected chi connectivity index (χ4v) is 1.77. The van der Waals surface area contributed by atoms with Gasteiger partial charge in [-0.1, -0.05) is 17.7 Å². The van der Waals surface area contributed by atoms with E-state index < -0.39 is 0 Å². The third-order valence-corrected chi connectivity index (χ3v) is 2.45. The molecule has 1 aliphatic rings. The lowest BCUT2D eigenvalue weighted by molar-refractivity contribution is 0.785. The highest BCUT2D eigenvalue weighted by Gasteiger charge is 2.05. The molecule has 1 N–H and O–H groups in total. The van der Waals surface area contributed by atoms with Gasteiger partial charge in [-0.05, 0) is 37.8 Å². The molecule has 0 aromatic heterocycles. The summed E-state index contributed by atoms with van der Waals surface area (Å²) >= 11 is 4.24. The van der Waals surface area contributed by atoms with Crippen molar-refractivity contribution in [1.82, 2.24) is 0 Å². The van der Waals surface area contributed by atoms with Crippen LogP contribution >= 0.6 is 37.2 Å². The van der Waals surface area contributed by atoms with E-state index in [-0.39, 0.29) is 0 Å². The normalized spacial score (nSPS) is 14.2. The number of hydrogen-bond donors (Lipinski definition) is 1. The monoisotopic (exact) mass is 415 g/mol. The van der Waals surface area contributed by atoms with Crippen LogP contribution in [0.4, 0.5) is 5.69 Å². The summed E-state index contributed by atoms with van der Waals surface area (Å²) in [6.07, 6.45) is 3.86. The highest BCUT2D eigenvalue weighted by molar-refractivity contribution is 15.0. The van der Waals surface area contributed by atoms with Gasteiger partial charge in [-0.2, -0.15) is 0 Å². The van der Waals surface area contributed by atoms with Gasteiger partial charge < -0.3 is 5.32 Å². The lowest BCUT2D eigenvalue weighted by Crippen LogP contribution is -1.99. The van der Waals surface area contributed by atoms with E-state index in [1.807, 2.05) is 0 Å². The average molecular weight is 415 g/mol. The topological polar surface area (TPSA) is 12.0 Å². The van der Waals surface area contributed by atoms with Crippen LogP contribution in [0, 0.1) is 6.92 Å². The molecule has 1 nitrogen and oxygen atoms in total. The van der Waals surface area contributed by atoms with Crippen molar-refractivity contribution in [1.29, 1.82) is 0 Å². The zero-order valence-corrected chi connectivity index (χ0v) is 12.6. The largest absolute Gasteiger partial charge is 0.385 e. The summed E-state index contributed by atoms with van der Waals surface area (Å²) in [5.41, 5.74) is 4.21. The highest BCUT2D eigenvalue weighted by Crippen LogP contribution is 2.22. The second-order valence-corrected chi connectivity index (χ2v) is 3.54. The molecule has 14 heavy (non-hydrogen) atoms. The SMILES string of the molecule is Cc1ccc2c(c1)CCCCN2.II. The van der Waals surface area contributed by atoms with Crippen molar-refractivity contribution in [3.63, 3.8) is 0 Å². The molecule has 2 rings (SSSR count). The van der Waals surface area contributed by atoms with Crippen LogP contribution in [-0.2, 0) is 6.42 Å². The lowest BCUT2D eigenvalue weighted by atomic mass is 10.1. The average Bonchev–Trinajstić information content (AvgIpc) is 2.45. The van der Waals surface area contributed by atoms with Gasteiger partial charge in [-0.3, -0.25) is 0 Å². The van der Waals surface area contributed by atoms with E-state index in [4.69, 9.17) is 0 Å². The number of fused-ring (bicyclic) bond motifs is 1. The van der Waals surface area contributed by atoms with E-state index in [0.29, 0.717) is 0 Å². The molecule has 3 heteroatoms. The van der Waals surface area contributed by atoms with Crippen molar-refractivity contribution in [2.75, 3.05) is 11.9 Å². The Morgan fingerprint density at radius 3 is 2.79 bits per heavy atom. The molecule has 1 aromatic rings. The van der Waals surface area contributed by atoms with E-state index in [0.717, 1.165) is 6.54 Å². The van der Waals surface area contributed by atoms with Crippen LogP contribution in [0.1, 0.15) is 24.0 Å². The molecule has 0 radical (unpaired) electrons. The molecule has 1 heterocycles. The number of benzene rings is 1. The second kappa shape index (κ2) is 6.87. The van der Waals surface area contributed by atoms with Gasteiger partial charge in [0.15, 0.2) is 0 Å². The molecule has 78 valence electrons. The maximum atomic E-state index is 3.45. The van der Waals surface area contributed by atoms with Crippen LogP contribution in [0.3, 0.4) is 0 Å². The Kier molecular flexibility index (Phi) is 6.16. The van der Waals surface area contributed by atoms with Gasteiger partial charge in [0.1, 0.15) is 0 Å². The number of nitrogens with one attached hydrogen (secondary N) is 1. The minimum atomic E-state index is 1.13. The van der Waals surface area contributed by atoms with Gasteiger partial charge in [0.05, 0.1) is 0 Å². The second-order valence-electron chi connectivity index (χ2n) is 3.54. The Bertz CT molecular complexity index is 287. The standard InChI is InChI=1S/C11H15N.I2/c1-9-5-6-11-10(8-9)4-2-3-7-12-11;1-2/h5-6,8,12H,2-4,7H2,1H3;. The summed E-state index contributed by atoms with van der Waals surface area (Å²) in [6, 6.07) is 6.68. The zero-order chi connectivity index (χ0) is 10.4. The van der Waals surface area contributed by atoms with Crippen molar-refractivity contribution >= 4 is 42.9 Å². The molecule has 0 atom stereocenters. The predicted octanol–water partition coefficient (Wildman–Crippen LogP) is 4.51. The maximum absolute atomic E-state index is 3.45. The van der Waals surface area contributed by atoms with Crippen LogP contribution in [0.15, 0.2) is 18.2 Å². The summed E-state index contributed by atoms with van der Waals surface area (Å²) in [6.45, 7) is 3.29. The summed E-state index contributed by atoms with van der Waals surface area (Å²) < 4.78 is 0. The first-order chi connectivity index (χ1) is 6.86. The molecule has 0 spiro atoms. The minimum Gasteiger partial charge on any atom is -0.385 e. The van der Waals surface area contributed by atoms with Gasteiger partial charge in [0.2, 0.25) is 0 Å². The number of hydrogen-bond acceptors (Lipinski definition) is 1. The fraction of sp³-hybridized carbons (Fsp3) is 0.455. The van der Waals surface area contributed by atoms with Crippen LogP contribution in [0.5, 0.6) is 0 Å². The van der Waals surface area contributed by atoms with Crippen molar-refractivity contribution in [3.05, 3.63) is 29.3 Å². The summed E-state index contributed by atoms with van der Waals surface area (Å²) in [5, 5.41) is 3.45. The van der Waals surface area contributed by atoms with E-state index in [1.54, 1.807) is 0 Å². The van der Waals surface area contributed by atoms with Crippen molar-refractivity contribution < 1.29 is 0 Å². The van der Waals surface area contributed by atoms with E-state index in [9.17, 15) is 0 Å². The van der Waals surface area contributed by atoms with Crippen LogP contribution in [-0.4, -0.2) is 6.54 Å². The Morgan fingerprint density at radius 1 is 1.21 bits per heavy atom. The molecule has 1 aromatic carbocycles. The minimum absolute atomic E-state index is 1.13. The van der Waals surface area contributed by atoms with E-state index in [2.05, 4.69) is 67.7 Å². The van der Waals surface area contributed by atoms with Crippen molar-refractivity contribution in [2.24, 2.45) is 0 Å². The first-order valence-electron chi connectivity index (χ1n) is 4.84. The number of anilines is 1. The molecule has 0 saturated carbocycles. The number of aryl methyl sites for hydroxylation is 2. The number of halogens is 2. The van der Waals surface area contributed by atoms with Crippen molar-refractivity contribution in [3.8, 4) is 0 Å². The predicted molar refractivity (Wildman–Crippen MR) is 80.6 cm³/mol. The van der Waals surface area contributed by atoms with Gasteiger partial charge >= 0.3 is 0 Å². The zero-order valence-electron chi connectivity index (χ0n) is 8.32. The first-order valence-corrected chi connectivity index (χ1v) is 11.1. The molecule has 0 unspecified atom stereocenters. The lowest BCUT2D eigenvalue weighted by Gasteiger charge is -2.07. The van der Waals surface area contributed by atoms with Crippen LogP contribution in [0.2, 0.25) is 0 Å². The third-order valence-electron chi connectivity index (χ3n) is 2.45. The molecule has 0 fully saturated rings. The molecule has 0 amide bonds. The Labute approximate surface area is 109 Å². The molecular weight excluding hydrogens is 400 g/mol. The Morgan fingerprint density at radius 2 is 2.00 bits per heavy atom. The smallest absolute Gasteiger partial charge is 0.0372 e. The van der Waals surface area contributed by atoms with E-state index >= 15 is 0 Å². The van der Waals surface area contributed by atoms with Crippen molar-refractivity contribution in [2.45, 2.75) is 26.2 Å². The number of rotatable bonds is 0. The summed E-state index contributed by atoms with van der Waals surface area (Å²) in [7, 11) is 0. The van der Waals surface area contributed by atoms with Crippen LogP contribution < -0.4 is 5.32 Å². The Balaban J connectivity index is 0.000000461. The molecule has 1 aliphatic heterocycles. The van der Waals surface area contributed by atoms with Gasteiger partial charge in [0.25, 0.3) is 0 Å². The highest BCUT2D eigenvalue weighted by atomic mass is 128. The molecule has 0 bridgehead atoms. The Hall–Kier alpha value is 0.480. The van der Waals surface area contributed by atoms with E-state index in [1.165, 1.54) is 36.1 Å². The fourth-order valence-electron chi connectivity index (χ4n) is 1.77.